The SMILES string of the molecule is NC(=O)COc1ccccc1C(=O)NCC1COc2ccccc2C1. The van der Waals surface area contributed by atoms with Crippen molar-refractivity contribution in [1.82, 2.24) is 5.32 Å². The number of ether oxygens (including phenoxy) is 2. The third kappa shape index (κ3) is 4.29. The van der Waals surface area contributed by atoms with Crippen molar-refractivity contribution in [2.24, 2.45) is 11.7 Å². The Balaban J connectivity index is 1.59. The van der Waals surface area contributed by atoms with Crippen LogP contribution in [-0.4, -0.2) is 31.6 Å². The Labute approximate surface area is 145 Å². The van der Waals surface area contributed by atoms with Crippen LogP contribution in [0.4, 0.5) is 0 Å². The second kappa shape index (κ2) is 7.70. The van der Waals surface area contributed by atoms with Crippen LogP contribution in [0.5, 0.6) is 11.5 Å². The van der Waals surface area contributed by atoms with Crippen molar-refractivity contribution in [1.29, 1.82) is 0 Å². The Morgan fingerprint density at radius 2 is 1.92 bits per heavy atom. The summed E-state index contributed by atoms with van der Waals surface area (Å²) in [4.78, 5) is 23.3. The van der Waals surface area contributed by atoms with Gasteiger partial charge in [0.2, 0.25) is 0 Å². The lowest BCUT2D eigenvalue weighted by molar-refractivity contribution is -0.119. The number of nitrogens with two attached hydrogens (primary N) is 1. The summed E-state index contributed by atoms with van der Waals surface area (Å²) in [6.45, 7) is 0.798. The average molecular weight is 340 g/mol. The number of nitrogens with one attached hydrogen (secondary N) is 1. The Morgan fingerprint density at radius 1 is 1.16 bits per heavy atom. The number of carbonyl (C=O) groups is 2. The van der Waals surface area contributed by atoms with E-state index in [0.29, 0.717) is 24.5 Å². The van der Waals surface area contributed by atoms with Crippen molar-refractivity contribution in [3.05, 3.63) is 59.7 Å². The molecule has 1 unspecified atom stereocenters. The maximum absolute atomic E-state index is 12.5. The second-order valence-electron chi connectivity index (χ2n) is 5.95. The molecule has 6 nitrogen and oxygen atoms in total. The van der Waals surface area contributed by atoms with Crippen LogP contribution >= 0.6 is 0 Å². The third-order valence-electron chi connectivity index (χ3n) is 4.01. The largest absolute Gasteiger partial charge is 0.493 e. The molecule has 3 rings (SSSR count). The predicted octanol–water partition coefficient (Wildman–Crippen LogP) is 1.53. The number of carbonyl (C=O) groups excluding carboxylic acids is 2. The highest BCUT2D eigenvalue weighted by molar-refractivity contribution is 5.97. The topological polar surface area (TPSA) is 90.7 Å². The molecular weight excluding hydrogens is 320 g/mol. The summed E-state index contributed by atoms with van der Waals surface area (Å²) in [5.74, 6) is 0.615. The van der Waals surface area contributed by atoms with Crippen molar-refractivity contribution in [2.45, 2.75) is 6.42 Å². The van der Waals surface area contributed by atoms with E-state index < -0.39 is 5.91 Å². The Kier molecular flexibility index (Phi) is 5.18. The molecule has 3 N–H and O–H groups in total. The Morgan fingerprint density at radius 3 is 2.76 bits per heavy atom. The first kappa shape index (κ1) is 16.8. The summed E-state index contributed by atoms with van der Waals surface area (Å²) in [7, 11) is 0. The van der Waals surface area contributed by atoms with Crippen LogP contribution in [0.15, 0.2) is 48.5 Å². The van der Waals surface area contributed by atoms with Gasteiger partial charge in [0.25, 0.3) is 11.8 Å². The van der Waals surface area contributed by atoms with Crippen LogP contribution < -0.4 is 20.5 Å². The van der Waals surface area contributed by atoms with Gasteiger partial charge >= 0.3 is 0 Å². The summed E-state index contributed by atoms with van der Waals surface area (Å²) in [5, 5.41) is 2.91. The number of amides is 2. The molecule has 0 aromatic heterocycles. The molecule has 6 heteroatoms. The van der Waals surface area contributed by atoms with Crippen LogP contribution in [0.2, 0.25) is 0 Å². The van der Waals surface area contributed by atoms with Gasteiger partial charge in [0.1, 0.15) is 11.5 Å². The molecule has 2 aromatic carbocycles. The highest BCUT2D eigenvalue weighted by Crippen LogP contribution is 2.26. The quantitative estimate of drug-likeness (QED) is 0.834. The first-order valence-corrected chi connectivity index (χ1v) is 8.12. The van der Waals surface area contributed by atoms with E-state index in [1.807, 2.05) is 24.3 Å². The first-order valence-electron chi connectivity index (χ1n) is 8.12. The maximum Gasteiger partial charge on any atom is 0.255 e. The van der Waals surface area contributed by atoms with Gasteiger partial charge in [-0.25, -0.2) is 0 Å². The van der Waals surface area contributed by atoms with Crippen LogP contribution in [0.3, 0.4) is 0 Å². The summed E-state index contributed by atoms with van der Waals surface area (Å²) in [6, 6.07) is 14.7. The van der Waals surface area contributed by atoms with Crippen LogP contribution in [0.1, 0.15) is 15.9 Å². The lowest BCUT2D eigenvalue weighted by Crippen LogP contribution is -2.35. The summed E-state index contributed by atoms with van der Waals surface area (Å²) in [6.07, 6.45) is 0.857. The predicted molar refractivity (Wildman–Crippen MR) is 92.6 cm³/mol. The molecule has 1 atom stereocenters. The van der Waals surface area contributed by atoms with Crippen LogP contribution in [-0.2, 0) is 11.2 Å². The normalized spacial score (nSPS) is 15.6. The molecule has 0 radical (unpaired) electrons. The van der Waals surface area contributed by atoms with Gasteiger partial charge in [-0.3, -0.25) is 9.59 Å². The second-order valence-corrected chi connectivity index (χ2v) is 5.95. The first-order chi connectivity index (χ1) is 12.1. The fraction of sp³-hybridized carbons (Fsp3) is 0.263. The lowest BCUT2D eigenvalue weighted by Gasteiger charge is -2.25. The van der Waals surface area contributed by atoms with Gasteiger partial charge in [-0.2, -0.15) is 0 Å². The smallest absolute Gasteiger partial charge is 0.255 e. The molecule has 130 valence electrons. The molecule has 1 aliphatic heterocycles. The minimum absolute atomic E-state index is 0.206. The molecule has 1 heterocycles. The van der Waals surface area contributed by atoms with E-state index >= 15 is 0 Å². The van der Waals surface area contributed by atoms with Crippen molar-refractivity contribution < 1.29 is 19.1 Å². The molecule has 0 saturated carbocycles. The van der Waals surface area contributed by atoms with Crippen molar-refractivity contribution >= 4 is 11.8 Å². The molecule has 0 spiro atoms. The average Bonchev–Trinajstić information content (AvgIpc) is 2.64. The molecule has 2 amide bonds. The van der Waals surface area contributed by atoms with E-state index in [9.17, 15) is 9.59 Å². The lowest BCUT2D eigenvalue weighted by atomic mass is 9.96. The Hall–Kier alpha value is -3.02. The molecule has 2 aromatic rings. The van der Waals surface area contributed by atoms with Gasteiger partial charge in [0.05, 0.1) is 12.2 Å². The zero-order chi connectivity index (χ0) is 17.6. The van der Waals surface area contributed by atoms with Crippen molar-refractivity contribution in [2.75, 3.05) is 19.8 Å². The van der Waals surface area contributed by atoms with Gasteiger partial charge < -0.3 is 20.5 Å². The van der Waals surface area contributed by atoms with E-state index in [2.05, 4.69) is 5.32 Å². The third-order valence-corrected chi connectivity index (χ3v) is 4.01. The molecule has 0 bridgehead atoms. The number of fused-ring (bicyclic) bond motifs is 1. The summed E-state index contributed by atoms with van der Waals surface area (Å²) in [5.41, 5.74) is 6.61. The molecule has 0 fully saturated rings. The molecular formula is C19H20N2O4. The number of hydrogen-bond donors (Lipinski definition) is 2. The maximum atomic E-state index is 12.5. The molecule has 0 saturated heterocycles. The number of benzene rings is 2. The summed E-state index contributed by atoms with van der Waals surface area (Å²) < 4.78 is 11.0. The monoisotopic (exact) mass is 340 g/mol. The number of hydrogen-bond acceptors (Lipinski definition) is 4. The zero-order valence-electron chi connectivity index (χ0n) is 13.7. The van der Waals surface area contributed by atoms with E-state index in [-0.39, 0.29) is 18.4 Å². The molecule has 0 aliphatic carbocycles. The van der Waals surface area contributed by atoms with E-state index in [1.54, 1.807) is 24.3 Å². The van der Waals surface area contributed by atoms with Crippen molar-refractivity contribution in [3.8, 4) is 11.5 Å². The van der Waals surface area contributed by atoms with Gasteiger partial charge in [0, 0.05) is 12.5 Å². The van der Waals surface area contributed by atoms with E-state index in [4.69, 9.17) is 15.2 Å². The van der Waals surface area contributed by atoms with Gasteiger partial charge in [-0.1, -0.05) is 30.3 Å². The number of primary amides is 1. The fourth-order valence-electron chi connectivity index (χ4n) is 2.78. The Bertz CT molecular complexity index is 776. The molecule has 25 heavy (non-hydrogen) atoms. The fourth-order valence-corrected chi connectivity index (χ4v) is 2.78. The van der Waals surface area contributed by atoms with Gasteiger partial charge in [0.15, 0.2) is 6.61 Å². The molecule has 1 aliphatic rings. The zero-order valence-corrected chi connectivity index (χ0v) is 13.7. The van der Waals surface area contributed by atoms with Gasteiger partial charge in [-0.15, -0.1) is 0 Å². The van der Waals surface area contributed by atoms with Crippen LogP contribution in [0, 0.1) is 5.92 Å². The van der Waals surface area contributed by atoms with Gasteiger partial charge in [-0.05, 0) is 30.2 Å². The van der Waals surface area contributed by atoms with E-state index in [0.717, 1.165) is 17.7 Å². The highest BCUT2D eigenvalue weighted by atomic mass is 16.5. The number of para-hydroxylation sites is 2. The standard InChI is InChI=1S/C19H20N2O4/c20-18(22)12-25-17-8-4-2-6-15(17)19(23)21-10-13-9-14-5-1-3-7-16(14)24-11-13/h1-8,13H,9-12H2,(H2,20,22)(H,21,23). The summed E-state index contributed by atoms with van der Waals surface area (Å²) >= 11 is 0. The van der Waals surface area contributed by atoms with Crippen molar-refractivity contribution in [3.63, 3.8) is 0 Å². The van der Waals surface area contributed by atoms with E-state index in [1.165, 1.54) is 0 Å². The van der Waals surface area contributed by atoms with Crippen LogP contribution in [0.25, 0.3) is 0 Å². The highest BCUT2D eigenvalue weighted by Gasteiger charge is 2.21. The number of rotatable bonds is 6. The minimum Gasteiger partial charge on any atom is -0.493 e. The minimum atomic E-state index is -0.590.